The third-order valence-corrected chi connectivity index (χ3v) is 5.08. The minimum absolute atomic E-state index is 0.179. The smallest absolute Gasteiger partial charge is 0.387 e. The topological polar surface area (TPSA) is 52.1 Å². The highest BCUT2D eigenvalue weighted by molar-refractivity contribution is 5.79. The third-order valence-electron chi connectivity index (χ3n) is 5.08. The van der Waals surface area contributed by atoms with E-state index in [9.17, 15) is 8.78 Å². The van der Waals surface area contributed by atoms with Crippen molar-refractivity contribution in [3.05, 3.63) is 29.3 Å². The number of nitrogens with zero attached hydrogens (tertiary/aromatic N) is 3. The van der Waals surface area contributed by atoms with Crippen molar-refractivity contribution in [2.45, 2.75) is 33.0 Å². The molecular formula is C19H29F2N5O. The van der Waals surface area contributed by atoms with Crippen LogP contribution in [0.15, 0.2) is 23.2 Å². The molecule has 1 unspecified atom stereocenters. The van der Waals surface area contributed by atoms with Crippen LogP contribution in [0, 0.1) is 6.92 Å². The number of aryl methyl sites for hydroxylation is 1. The summed E-state index contributed by atoms with van der Waals surface area (Å²) in [5.41, 5.74) is 1.64. The Morgan fingerprint density at radius 2 is 2.04 bits per heavy atom. The largest absolute Gasteiger partial charge is 0.434 e. The van der Waals surface area contributed by atoms with Crippen molar-refractivity contribution in [3.8, 4) is 5.75 Å². The summed E-state index contributed by atoms with van der Waals surface area (Å²) in [6.07, 6.45) is 0. The molecule has 0 radical (unpaired) electrons. The highest BCUT2D eigenvalue weighted by Crippen LogP contribution is 2.23. The second-order valence-electron chi connectivity index (χ2n) is 7.06. The van der Waals surface area contributed by atoms with E-state index in [1.165, 1.54) is 0 Å². The quantitative estimate of drug-likeness (QED) is 0.556. The number of fused-ring (bicyclic) bond motifs is 3. The zero-order chi connectivity index (χ0) is 19.2. The summed E-state index contributed by atoms with van der Waals surface area (Å²) < 4.78 is 29.9. The molecule has 2 bridgehead atoms. The highest BCUT2D eigenvalue weighted by Gasteiger charge is 2.31. The number of hydrogen-bond acceptors (Lipinski definition) is 4. The molecule has 27 heavy (non-hydrogen) atoms. The Bertz CT molecular complexity index is 647. The zero-order valence-electron chi connectivity index (χ0n) is 16.0. The SMILES string of the molecule is CCNC(=NCc1cc(C)ccc1OC(F)F)NCC1CN2CCN1CC2. The van der Waals surface area contributed by atoms with Crippen LogP contribution in [-0.2, 0) is 6.54 Å². The van der Waals surface area contributed by atoms with Crippen molar-refractivity contribution in [2.24, 2.45) is 4.99 Å². The summed E-state index contributed by atoms with van der Waals surface area (Å²) in [7, 11) is 0. The molecule has 0 saturated carbocycles. The number of guanidine groups is 1. The van der Waals surface area contributed by atoms with Gasteiger partial charge in [-0.1, -0.05) is 17.7 Å². The first kappa shape index (κ1) is 19.8. The predicted octanol–water partition coefficient (Wildman–Crippen LogP) is 1.65. The minimum atomic E-state index is -2.84. The molecule has 1 atom stereocenters. The molecule has 0 aliphatic carbocycles. The Morgan fingerprint density at radius 1 is 1.26 bits per heavy atom. The number of halogens is 2. The van der Waals surface area contributed by atoms with Crippen LogP contribution in [0.5, 0.6) is 5.75 Å². The molecule has 8 heteroatoms. The zero-order valence-corrected chi connectivity index (χ0v) is 16.0. The average Bonchev–Trinajstić information content (AvgIpc) is 2.66. The first-order valence-corrected chi connectivity index (χ1v) is 9.58. The van der Waals surface area contributed by atoms with Gasteiger partial charge in [0.25, 0.3) is 0 Å². The first-order valence-electron chi connectivity index (χ1n) is 9.58. The molecule has 0 aromatic heterocycles. The van der Waals surface area contributed by atoms with Crippen LogP contribution >= 0.6 is 0 Å². The Kier molecular flexibility index (Phi) is 6.84. The molecule has 1 aromatic carbocycles. The summed E-state index contributed by atoms with van der Waals surface area (Å²) in [5, 5.41) is 6.63. The molecular weight excluding hydrogens is 352 g/mol. The highest BCUT2D eigenvalue weighted by atomic mass is 19.3. The van der Waals surface area contributed by atoms with Crippen molar-refractivity contribution in [3.63, 3.8) is 0 Å². The van der Waals surface area contributed by atoms with Crippen LogP contribution in [0.3, 0.4) is 0 Å². The lowest BCUT2D eigenvalue weighted by Gasteiger charge is -2.47. The maximum atomic E-state index is 12.6. The molecule has 1 aromatic rings. The molecule has 150 valence electrons. The van der Waals surface area contributed by atoms with E-state index >= 15 is 0 Å². The summed E-state index contributed by atoms with van der Waals surface area (Å²) >= 11 is 0. The third kappa shape index (κ3) is 5.52. The van der Waals surface area contributed by atoms with E-state index in [1.54, 1.807) is 12.1 Å². The van der Waals surface area contributed by atoms with E-state index in [4.69, 9.17) is 0 Å². The lowest BCUT2D eigenvalue weighted by molar-refractivity contribution is -0.0504. The molecule has 3 fully saturated rings. The maximum absolute atomic E-state index is 12.6. The van der Waals surface area contributed by atoms with E-state index in [0.717, 1.165) is 51.4 Å². The Labute approximate surface area is 159 Å². The van der Waals surface area contributed by atoms with Crippen molar-refractivity contribution in [1.29, 1.82) is 0 Å². The lowest BCUT2D eigenvalue weighted by atomic mass is 10.1. The van der Waals surface area contributed by atoms with Crippen LogP contribution in [-0.4, -0.2) is 74.2 Å². The van der Waals surface area contributed by atoms with Crippen LogP contribution in [0.25, 0.3) is 0 Å². The van der Waals surface area contributed by atoms with Gasteiger partial charge < -0.3 is 15.4 Å². The summed E-state index contributed by atoms with van der Waals surface area (Å²) in [4.78, 5) is 9.59. The molecule has 3 aliphatic rings. The number of rotatable bonds is 7. The number of benzene rings is 1. The monoisotopic (exact) mass is 381 g/mol. The van der Waals surface area contributed by atoms with Crippen molar-refractivity contribution < 1.29 is 13.5 Å². The van der Waals surface area contributed by atoms with Gasteiger partial charge in [0.2, 0.25) is 0 Å². The standard InChI is InChI=1S/C19H29F2N5O/c1-3-22-19(24-12-16-13-25-6-8-26(16)9-7-25)23-11-15-10-14(2)4-5-17(15)27-18(20)21/h4-5,10,16,18H,3,6-9,11-13H2,1-2H3,(H2,22,23,24). The van der Waals surface area contributed by atoms with Gasteiger partial charge in [0.1, 0.15) is 5.75 Å². The van der Waals surface area contributed by atoms with Crippen LogP contribution < -0.4 is 15.4 Å². The number of ether oxygens (including phenoxy) is 1. The summed E-state index contributed by atoms with van der Waals surface area (Å²) in [6, 6.07) is 5.65. The van der Waals surface area contributed by atoms with E-state index in [0.29, 0.717) is 17.6 Å². The fraction of sp³-hybridized carbons (Fsp3) is 0.632. The number of piperazine rings is 3. The van der Waals surface area contributed by atoms with Gasteiger partial charge >= 0.3 is 6.61 Å². The first-order chi connectivity index (χ1) is 13.0. The second-order valence-corrected chi connectivity index (χ2v) is 7.06. The fourth-order valence-electron chi connectivity index (χ4n) is 3.68. The van der Waals surface area contributed by atoms with Crippen molar-refractivity contribution in [2.75, 3.05) is 45.8 Å². The van der Waals surface area contributed by atoms with E-state index in [2.05, 4.69) is 30.2 Å². The number of alkyl halides is 2. The number of hydrogen-bond donors (Lipinski definition) is 2. The predicted molar refractivity (Wildman–Crippen MR) is 102 cm³/mol. The lowest BCUT2D eigenvalue weighted by Crippen LogP contribution is -2.63. The molecule has 4 rings (SSSR count). The van der Waals surface area contributed by atoms with Gasteiger partial charge in [-0.15, -0.1) is 0 Å². The van der Waals surface area contributed by atoms with Crippen LogP contribution in [0.1, 0.15) is 18.1 Å². The van der Waals surface area contributed by atoms with Gasteiger partial charge in [0, 0.05) is 57.4 Å². The Morgan fingerprint density at radius 3 is 2.67 bits per heavy atom. The Hall–Kier alpha value is -1.93. The molecule has 6 nitrogen and oxygen atoms in total. The van der Waals surface area contributed by atoms with Gasteiger partial charge in [0.05, 0.1) is 6.54 Å². The maximum Gasteiger partial charge on any atom is 0.387 e. The van der Waals surface area contributed by atoms with Gasteiger partial charge in [-0.2, -0.15) is 8.78 Å². The Balaban J connectivity index is 1.62. The number of nitrogens with one attached hydrogen (secondary N) is 2. The molecule has 3 heterocycles. The molecule has 3 aliphatic heterocycles. The fourth-order valence-corrected chi connectivity index (χ4v) is 3.68. The second kappa shape index (κ2) is 9.32. The number of aliphatic imine (C=N–C) groups is 1. The van der Waals surface area contributed by atoms with Gasteiger partial charge in [-0.25, -0.2) is 4.99 Å². The molecule has 0 spiro atoms. The summed E-state index contributed by atoms with van der Waals surface area (Å²) in [6.45, 7) is 8.56. The van der Waals surface area contributed by atoms with Crippen molar-refractivity contribution >= 4 is 5.96 Å². The van der Waals surface area contributed by atoms with Crippen LogP contribution in [0.2, 0.25) is 0 Å². The molecule has 3 saturated heterocycles. The van der Waals surface area contributed by atoms with E-state index in [1.807, 2.05) is 19.9 Å². The van der Waals surface area contributed by atoms with Gasteiger partial charge in [-0.3, -0.25) is 9.80 Å². The van der Waals surface area contributed by atoms with E-state index in [-0.39, 0.29) is 12.3 Å². The van der Waals surface area contributed by atoms with Crippen molar-refractivity contribution in [1.82, 2.24) is 20.4 Å². The van der Waals surface area contributed by atoms with Gasteiger partial charge in [-0.05, 0) is 19.9 Å². The average molecular weight is 381 g/mol. The molecule has 0 amide bonds. The minimum Gasteiger partial charge on any atom is -0.434 e. The van der Waals surface area contributed by atoms with E-state index < -0.39 is 6.61 Å². The summed E-state index contributed by atoms with van der Waals surface area (Å²) in [5.74, 6) is 0.873. The van der Waals surface area contributed by atoms with Crippen LogP contribution in [0.4, 0.5) is 8.78 Å². The van der Waals surface area contributed by atoms with Gasteiger partial charge in [0.15, 0.2) is 5.96 Å². The molecule has 2 N–H and O–H groups in total. The normalized spacial score (nSPS) is 24.9.